The molecule has 0 unspecified atom stereocenters. The fourth-order valence-corrected chi connectivity index (χ4v) is 1.83. The summed E-state index contributed by atoms with van der Waals surface area (Å²) in [7, 11) is 0. The number of benzene rings is 1. The van der Waals surface area contributed by atoms with Crippen molar-refractivity contribution in [2.24, 2.45) is 5.73 Å². The summed E-state index contributed by atoms with van der Waals surface area (Å²) in [5.41, 5.74) is 3.42. The van der Waals surface area contributed by atoms with Gasteiger partial charge in [-0.15, -0.1) is 0 Å². The molecular formula is C13H13F3N2O2. The molecule has 0 amide bonds. The fourth-order valence-electron chi connectivity index (χ4n) is 1.83. The minimum Gasteiger partial charge on any atom is -0.466 e. The van der Waals surface area contributed by atoms with Gasteiger partial charge in [-0.3, -0.25) is 4.79 Å². The third-order valence-electron chi connectivity index (χ3n) is 2.63. The number of alkyl halides is 3. The van der Waals surface area contributed by atoms with Crippen LogP contribution in [0.2, 0.25) is 0 Å². The van der Waals surface area contributed by atoms with E-state index in [1.54, 1.807) is 6.92 Å². The van der Waals surface area contributed by atoms with E-state index in [-0.39, 0.29) is 30.7 Å². The van der Waals surface area contributed by atoms with Crippen LogP contribution in [0, 0.1) is 11.3 Å². The van der Waals surface area contributed by atoms with Gasteiger partial charge in [-0.05, 0) is 18.1 Å². The monoisotopic (exact) mass is 286 g/mol. The largest absolute Gasteiger partial charge is 0.466 e. The van der Waals surface area contributed by atoms with Gasteiger partial charge in [-0.25, -0.2) is 0 Å². The van der Waals surface area contributed by atoms with Gasteiger partial charge in [0, 0.05) is 6.54 Å². The molecule has 0 aromatic heterocycles. The Bertz CT molecular complexity index is 548. The smallest absolute Gasteiger partial charge is 0.418 e. The number of nitrogens with two attached hydrogens (primary N) is 1. The number of halogens is 3. The topological polar surface area (TPSA) is 76.1 Å². The first-order valence-corrected chi connectivity index (χ1v) is 5.82. The summed E-state index contributed by atoms with van der Waals surface area (Å²) in [5.74, 6) is -0.683. The molecule has 0 saturated carbocycles. The summed E-state index contributed by atoms with van der Waals surface area (Å²) in [6.07, 6.45) is -5.09. The first-order chi connectivity index (χ1) is 9.35. The molecule has 0 fully saturated rings. The minimum absolute atomic E-state index is 0.0181. The number of carbonyl (C=O) groups excluding carboxylic acids is 1. The van der Waals surface area contributed by atoms with E-state index in [1.165, 1.54) is 18.2 Å². The third-order valence-corrected chi connectivity index (χ3v) is 2.63. The van der Waals surface area contributed by atoms with Gasteiger partial charge in [0.25, 0.3) is 0 Å². The molecule has 0 spiro atoms. The molecule has 20 heavy (non-hydrogen) atoms. The second-order valence-corrected chi connectivity index (χ2v) is 3.93. The van der Waals surface area contributed by atoms with Crippen LogP contribution in [-0.2, 0) is 28.7 Å². The molecule has 1 aromatic rings. The van der Waals surface area contributed by atoms with E-state index >= 15 is 0 Å². The van der Waals surface area contributed by atoms with Gasteiger partial charge >= 0.3 is 12.1 Å². The Hall–Kier alpha value is -2.07. The zero-order chi connectivity index (χ0) is 15.3. The predicted molar refractivity (Wildman–Crippen MR) is 64.4 cm³/mol. The second kappa shape index (κ2) is 6.39. The van der Waals surface area contributed by atoms with Crippen LogP contribution in [0.5, 0.6) is 0 Å². The molecule has 0 bridgehead atoms. The second-order valence-electron chi connectivity index (χ2n) is 3.93. The van der Waals surface area contributed by atoms with E-state index in [9.17, 15) is 18.0 Å². The lowest BCUT2D eigenvalue weighted by molar-refractivity contribution is -0.143. The Labute approximate surface area is 113 Å². The first-order valence-electron chi connectivity index (χ1n) is 5.82. The van der Waals surface area contributed by atoms with Gasteiger partial charge in [0.1, 0.15) is 6.07 Å². The summed E-state index contributed by atoms with van der Waals surface area (Å²) in [4.78, 5) is 11.4. The van der Waals surface area contributed by atoms with Crippen molar-refractivity contribution < 1.29 is 22.7 Å². The van der Waals surface area contributed by atoms with Crippen molar-refractivity contribution in [3.05, 3.63) is 34.4 Å². The standard InChI is InChI=1S/C13H13F3N2O2/c1-2-20-11(19)5-8-3-4-9(6-17)12(10(8)7-18)13(14,15)16/h3-4H,2,5-6,17H2,1H3. The quantitative estimate of drug-likeness (QED) is 0.860. The Kier molecular flexibility index (Phi) is 5.11. The number of hydrogen-bond acceptors (Lipinski definition) is 4. The maximum atomic E-state index is 13.0. The molecule has 1 aromatic carbocycles. The van der Waals surface area contributed by atoms with Gasteiger partial charge in [0.15, 0.2) is 0 Å². The average Bonchev–Trinajstić information content (AvgIpc) is 2.37. The Morgan fingerprint density at radius 2 is 2.00 bits per heavy atom. The van der Waals surface area contributed by atoms with E-state index in [2.05, 4.69) is 4.74 Å². The molecule has 7 heteroatoms. The van der Waals surface area contributed by atoms with E-state index in [1.807, 2.05) is 0 Å². The van der Waals surface area contributed by atoms with Crippen LogP contribution >= 0.6 is 0 Å². The molecule has 1 rings (SSSR count). The highest BCUT2D eigenvalue weighted by Crippen LogP contribution is 2.36. The summed E-state index contributed by atoms with van der Waals surface area (Å²) < 4.78 is 43.7. The lowest BCUT2D eigenvalue weighted by Crippen LogP contribution is -2.17. The summed E-state index contributed by atoms with van der Waals surface area (Å²) in [6, 6.07) is 3.99. The molecule has 0 saturated heterocycles. The highest BCUT2D eigenvalue weighted by molar-refractivity contribution is 5.74. The van der Waals surface area contributed by atoms with Crippen molar-refractivity contribution in [1.82, 2.24) is 0 Å². The van der Waals surface area contributed by atoms with E-state index in [0.29, 0.717) is 0 Å². The highest BCUT2D eigenvalue weighted by Gasteiger charge is 2.37. The Morgan fingerprint density at radius 3 is 2.45 bits per heavy atom. The predicted octanol–water partition coefficient (Wildman–Crippen LogP) is 2.14. The zero-order valence-corrected chi connectivity index (χ0v) is 10.8. The summed E-state index contributed by atoms with van der Waals surface area (Å²) in [6.45, 7) is 1.36. The number of esters is 1. The zero-order valence-electron chi connectivity index (χ0n) is 10.8. The molecule has 0 atom stereocenters. The lowest BCUT2D eigenvalue weighted by atomic mass is 9.94. The molecule has 0 aliphatic heterocycles. The Balaban J connectivity index is 3.36. The normalized spacial score (nSPS) is 11.0. The minimum atomic E-state index is -4.70. The van der Waals surface area contributed by atoms with Crippen LogP contribution in [0.25, 0.3) is 0 Å². The summed E-state index contributed by atoms with van der Waals surface area (Å²) >= 11 is 0. The van der Waals surface area contributed by atoms with Gasteiger partial charge in [0.2, 0.25) is 0 Å². The third kappa shape index (κ3) is 3.48. The van der Waals surface area contributed by atoms with Crippen LogP contribution < -0.4 is 5.73 Å². The van der Waals surface area contributed by atoms with Gasteiger partial charge in [-0.1, -0.05) is 12.1 Å². The fraction of sp³-hybridized carbons (Fsp3) is 0.385. The summed E-state index contributed by atoms with van der Waals surface area (Å²) in [5, 5.41) is 8.98. The van der Waals surface area contributed by atoms with E-state index in [0.717, 1.165) is 0 Å². The molecule has 4 nitrogen and oxygen atoms in total. The van der Waals surface area contributed by atoms with E-state index < -0.39 is 23.3 Å². The van der Waals surface area contributed by atoms with Crippen LogP contribution in [0.15, 0.2) is 12.1 Å². The van der Waals surface area contributed by atoms with Crippen molar-refractivity contribution in [3.63, 3.8) is 0 Å². The van der Waals surface area contributed by atoms with Crippen molar-refractivity contribution >= 4 is 5.97 Å². The number of rotatable bonds is 4. The van der Waals surface area contributed by atoms with Crippen LogP contribution in [0.3, 0.4) is 0 Å². The van der Waals surface area contributed by atoms with Gasteiger partial charge in [-0.2, -0.15) is 18.4 Å². The van der Waals surface area contributed by atoms with Gasteiger partial charge < -0.3 is 10.5 Å². The molecule has 108 valence electrons. The SMILES string of the molecule is CCOC(=O)Cc1ccc(CN)c(C(F)(F)F)c1C#N. The van der Waals surface area contributed by atoms with E-state index in [4.69, 9.17) is 11.0 Å². The molecule has 0 aliphatic carbocycles. The molecule has 2 N–H and O–H groups in total. The maximum absolute atomic E-state index is 13.0. The van der Waals surface area contributed by atoms with Crippen molar-refractivity contribution in [3.8, 4) is 6.07 Å². The number of nitrogens with zero attached hydrogens (tertiary/aromatic N) is 1. The number of ether oxygens (including phenoxy) is 1. The van der Waals surface area contributed by atoms with Crippen LogP contribution in [-0.4, -0.2) is 12.6 Å². The van der Waals surface area contributed by atoms with Crippen LogP contribution in [0.1, 0.15) is 29.2 Å². The molecule has 0 aliphatic rings. The highest BCUT2D eigenvalue weighted by atomic mass is 19.4. The van der Waals surface area contributed by atoms with Crippen molar-refractivity contribution in [2.75, 3.05) is 6.61 Å². The molecular weight excluding hydrogens is 273 g/mol. The number of carbonyl (C=O) groups is 1. The molecule has 0 heterocycles. The van der Waals surface area contributed by atoms with Crippen LogP contribution in [0.4, 0.5) is 13.2 Å². The van der Waals surface area contributed by atoms with Crippen molar-refractivity contribution in [1.29, 1.82) is 5.26 Å². The lowest BCUT2D eigenvalue weighted by Gasteiger charge is -2.16. The number of hydrogen-bond donors (Lipinski definition) is 1. The average molecular weight is 286 g/mol. The number of nitriles is 1. The first kappa shape index (κ1) is 16.0. The maximum Gasteiger partial charge on any atom is 0.418 e. The molecule has 0 radical (unpaired) electrons. The van der Waals surface area contributed by atoms with Crippen molar-refractivity contribution in [2.45, 2.75) is 26.1 Å². The Morgan fingerprint density at radius 1 is 1.40 bits per heavy atom. The van der Waals surface area contributed by atoms with Gasteiger partial charge in [0.05, 0.1) is 24.2 Å².